The van der Waals surface area contributed by atoms with E-state index in [1.165, 1.54) is 18.2 Å². The number of hydrogen-bond acceptors (Lipinski definition) is 3. The van der Waals surface area contributed by atoms with Gasteiger partial charge in [0.1, 0.15) is 0 Å². The number of nitrogens with zero attached hydrogens (tertiary/aromatic N) is 2. The van der Waals surface area contributed by atoms with Gasteiger partial charge in [-0.3, -0.25) is 14.9 Å². The number of aromatic nitrogens is 1. The number of pyridine rings is 1. The van der Waals surface area contributed by atoms with Gasteiger partial charge in [-0.2, -0.15) is 0 Å². The van der Waals surface area contributed by atoms with Crippen LogP contribution in [-0.2, 0) is 6.54 Å². The Kier molecular flexibility index (Phi) is 3.21. The molecule has 0 aliphatic heterocycles. The van der Waals surface area contributed by atoms with Crippen molar-refractivity contribution in [3.63, 3.8) is 0 Å². The van der Waals surface area contributed by atoms with E-state index in [9.17, 15) is 14.9 Å². The Bertz CT molecular complexity index is 744. The molecule has 0 amide bonds. The van der Waals surface area contributed by atoms with Crippen molar-refractivity contribution < 1.29 is 4.92 Å². The third-order valence-electron chi connectivity index (χ3n) is 3.08. The molecule has 0 bridgehead atoms. The van der Waals surface area contributed by atoms with Crippen LogP contribution in [0.2, 0.25) is 0 Å². The zero-order valence-corrected chi connectivity index (χ0v) is 10.8. The summed E-state index contributed by atoms with van der Waals surface area (Å²) in [5.41, 5.74) is 1.95. The molecule has 1 aromatic heterocycles. The number of nitro groups is 1. The van der Waals surface area contributed by atoms with Gasteiger partial charge in [0.15, 0.2) is 0 Å². The number of fused-ring (bicyclic) bond motifs is 1. The predicted octanol–water partition coefficient (Wildman–Crippen LogP) is 2.96. The van der Waals surface area contributed by atoms with Crippen LogP contribution in [0.3, 0.4) is 0 Å². The maximum absolute atomic E-state index is 12.0. The highest BCUT2D eigenvalue weighted by Gasteiger charge is 2.13. The van der Waals surface area contributed by atoms with Crippen LogP contribution in [0.15, 0.2) is 35.6 Å². The van der Waals surface area contributed by atoms with Crippen LogP contribution in [0.5, 0.6) is 0 Å². The third kappa shape index (κ3) is 2.14. The number of benzene rings is 1. The summed E-state index contributed by atoms with van der Waals surface area (Å²) >= 11 is 0. The summed E-state index contributed by atoms with van der Waals surface area (Å²) in [5, 5.41) is 11.5. The molecule has 1 heterocycles. The summed E-state index contributed by atoms with van der Waals surface area (Å²) in [7, 11) is 0. The molecule has 0 spiro atoms. The maximum atomic E-state index is 12.0. The molecule has 2 aromatic rings. The first-order valence-corrected chi connectivity index (χ1v) is 5.93. The van der Waals surface area contributed by atoms with Gasteiger partial charge in [0.2, 0.25) is 0 Å². The van der Waals surface area contributed by atoms with E-state index in [1.54, 1.807) is 17.6 Å². The Labute approximate surface area is 109 Å². The molecule has 0 aliphatic rings. The number of aryl methyl sites for hydroxylation is 1. The molecule has 1 aromatic carbocycles. The molecule has 0 aliphatic carbocycles. The van der Waals surface area contributed by atoms with E-state index in [0.29, 0.717) is 28.6 Å². The Balaban J connectivity index is 2.95. The monoisotopic (exact) mass is 258 g/mol. The van der Waals surface area contributed by atoms with Gasteiger partial charge in [0.25, 0.3) is 11.2 Å². The van der Waals surface area contributed by atoms with Crippen molar-refractivity contribution in [2.75, 3.05) is 0 Å². The molecular weight excluding hydrogens is 244 g/mol. The quantitative estimate of drug-likeness (QED) is 0.628. The molecule has 0 saturated heterocycles. The van der Waals surface area contributed by atoms with Crippen LogP contribution in [0, 0.1) is 10.1 Å². The minimum absolute atomic E-state index is 0.0105. The van der Waals surface area contributed by atoms with Crippen LogP contribution >= 0.6 is 0 Å². The van der Waals surface area contributed by atoms with Gasteiger partial charge in [0, 0.05) is 30.1 Å². The number of non-ortho nitro benzene ring substituents is 1. The topological polar surface area (TPSA) is 65.1 Å². The molecule has 2 rings (SSSR count). The zero-order chi connectivity index (χ0) is 14.2. The summed E-state index contributed by atoms with van der Waals surface area (Å²) in [6.45, 7) is 7.99. The van der Waals surface area contributed by atoms with Gasteiger partial charge in [-0.1, -0.05) is 12.2 Å². The van der Waals surface area contributed by atoms with Crippen molar-refractivity contribution in [1.29, 1.82) is 0 Å². The van der Waals surface area contributed by atoms with E-state index < -0.39 is 4.92 Å². The van der Waals surface area contributed by atoms with Gasteiger partial charge < -0.3 is 4.57 Å². The van der Waals surface area contributed by atoms with Crippen molar-refractivity contribution in [1.82, 2.24) is 4.57 Å². The lowest BCUT2D eigenvalue weighted by Gasteiger charge is -2.11. The van der Waals surface area contributed by atoms with E-state index in [0.717, 1.165) is 0 Å². The van der Waals surface area contributed by atoms with E-state index in [1.807, 2.05) is 6.92 Å². The average molecular weight is 258 g/mol. The van der Waals surface area contributed by atoms with E-state index in [2.05, 4.69) is 6.58 Å². The first-order chi connectivity index (χ1) is 8.95. The number of allylic oxidation sites excluding steroid dienone is 1. The highest BCUT2D eigenvalue weighted by Crippen LogP contribution is 2.26. The largest absolute Gasteiger partial charge is 0.309 e. The SMILES string of the molecule is C=C(C)c1cc(=O)n(CC)c2ccc([N+](=O)[O-])cc12. The average Bonchev–Trinajstić information content (AvgIpc) is 2.37. The molecule has 0 saturated carbocycles. The lowest BCUT2D eigenvalue weighted by Crippen LogP contribution is -2.19. The van der Waals surface area contributed by atoms with Gasteiger partial charge in [0.05, 0.1) is 10.4 Å². The Morgan fingerprint density at radius 1 is 1.42 bits per heavy atom. The fraction of sp³-hybridized carbons (Fsp3) is 0.214. The first-order valence-electron chi connectivity index (χ1n) is 5.93. The van der Waals surface area contributed by atoms with Crippen molar-refractivity contribution >= 4 is 22.2 Å². The minimum atomic E-state index is -0.441. The molecule has 0 radical (unpaired) electrons. The number of hydrogen-bond donors (Lipinski definition) is 0. The first kappa shape index (κ1) is 13.0. The highest BCUT2D eigenvalue weighted by molar-refractivity contribution is 5.92. The minimum Gasteiger partial charge on any atom is -0.309 e. The highest BCUT2D eigenvalue weighted by atomic mass is 16.6. The van der Waals surface area contributed by atoms with E-state index >= 15 is 0 Å². The van der Waals surface area contributed by atoms with Crippen molar-refractivity contribution in [3.05, 3.63) is 56.9 Å². The smallest absolute Gasteiger partial charge is 0.270 e. The summed E-state index contributed by atoms with van der Waals surface area (Å²) in [4.78, 5) is 22.4. The predicted molar refractivity (Wildman–Crippen MR) is 75.2 cm³/mol. The summed E-state index contributed by atoms with van der Waals surface area (Å²) in [6.07, 6.45) is 0. The normalized spacial score (nSPS) is 10.6. The lowest BCUT2D eigenvalue weighted by molar-refractivity contribution is -0.384. The second-order valence-electron chi connectivity index (χ2n) is 4.38. The Morgan fingerprint density at radius 3 is 2.63 bits per heavy atom. The fourth-order valence-corrected chi connectivity index (χ4v) is 2.17. The molecular formula is C14H14N2O3. The second kappa shape index (κ2) is 4.68. The van der Waals surface area contributed by atoms with Crippen LogP contribution < -0.4 is 5.56 Å². The van der Waals surface area contributed by atoms with E-state index in [4.69, 9.17) is 0 Å². The summed E-state index contributed by atoms with van der Waals surface area (Å²) in [6, 6.07) is 6.00. The molecule has 19 heavy (non-hydrogen) atoms. The van der Waals surface area contributed by atoms with Crippen LogP contribution in [0.1, 0.15) is 19.4 Å². The maximum Gasteiger partial charge on any atom is 0.270 e. The van der Waals surface area contributed by atoms with E-state index in [-0.39, 0.29) is 11.2 Å². The molecule has 0 fully saturated rings. The zero-order valence-electron chi connectivity index (χ0n) is 10.8. The van der Waals surface area contributed by atoms with Crippen LogP contribution in [0.4, 0.5) is 5.69 Å². The molecule has 98 valence electrons. The van der Waals surface area contributed by atoms with Crippen LogP contribution in [0.25, 0.3) is 16.5 Å². The van der Waals surface area contributed by atoms with Crippen molar-refractivity contribution in [2.24, 2.45) is 0 Å². The van der Waals surface area contributed by atoms with Gasteiger partial charge in [-0.15, -0.1) is 0 Å². The van der Waals surface area contributed by atoms with Gasteiger partial charge in [-0.05, 0) is 25.5 Å². The van der Waals surface area contributed by atoms with Crippen LogP contribution in [-0.4, -0.2) is 9.49 Å². The fourth-order valence-electron chi connectivity index (χ4n) is 2.17. The molecule has 5 heteroatoms. The molecule has 5 nitrogen and oxygen atoms in total. The molecule has 0 N–H and O–H groups in total. The Morgan fingerprint density at radius 2 is 2.11 bits per heavy atom. The summed E-state index contributed by atoms with van der Waals surface area (Å²) < 4.78 is 1.59. The number of rotatable bonds is 3. The van der Waals surface area contributed by atoms with Gasteiger partial charge in [-0.25, -0.2) is 0 Å². The van der Waals surface area contributed by atoms with Crippen molar-refractivity contribution in [3.8, 4) is 0 Å². The van der Waals surface area contributed by atoms with Gasteiger partial charge >= 0.3 is 0 Å². The Hall–Kier alpha value is -2.43. The van der Waals surface area contributed by atoms with Crippen molar-refractivity contribution in [2.45, 2.75) is 20.4 Å². The molecule has 0 unspecified atom stereocenters. The number of nitro benzene ring substituents is 1. The second-order valence-corrected chi connectivity index (χ2v) is 4.38. The summed E-state index contributed by atoms with van der Waals surface area (Å²) in [5.74, 6) is 0. The lowest BCUT2D eigenvalue weighted by atomic mass is 10.0. The third-order valence-corrected chi connectivity index (χ3v) is 3.08. The standard InChI is InChI=1S/C14H14N2O3/c1-4-15-13-6-5-10(16(18)19)7-12(13)11(9(2)3)8-14(15)17/h5-8H,2,4H2,1,3H3. The molecule has 0 atom stereocenters.